The molecule has 2 heterocycles. The second-order valence-electron chi connectivity index (χ2n) is 11.8. The van der Waals surface area contributed by atoms with Crippen LogP contribution >= 0.6 is 0 Å². The van der Waals surface area contributed by atoms with Crippen molar-refractivity contribution in [3.05, 3.63) is 29.8 Å². The van der Waals surface area contributed by atoms with Gasteiger partial charge in [0.15, 0.2) is 5.78 Å². The number of rotatable bonds is 11. The van der Waals surface area contributed by atoms with Gasteiger partial charge in [0.1, 0.15) is 6.04 Å². The molecule has 2 saturated heterocycles. The lowest BCUT2D eigenvalue weighted by molar-refractivity contribution is -0.137. The molecule has 3 N–H and O–H groups in total. The zero-order valence-electron chi connectivity index (χ0n) is 24.4. The Bertz CT molecular complexity index is 1050. The van der Waals surface area contributed by atoms with E-state index in [0.717, 1.165) is 44.5 Å². The van der Waals surface area contributed by atoms with E-state index in [1.54, 1.807) is 9.80 Å². The van der Waals surface area contributed by atoms with Crippen molar-refractivity contribution in [1.29, 1.82) is 0 Å². The summed E-state index contributed by atoms with van der Waals surface area (Å²) in [6.45, 7) is 9.03. The number of nitrogens with two attached hydrogens (primary N) is 1. The molecule has 0 aromatic heterocycles. The van der Waals surface area contributed by atoms with Gasteiger partial charge in [-0.25, -0.2) is 0 Å². The van der Waals surface area contributed by atoms with E-state index in [2.05, 4.69) is 24.1 Å². The first-order chi connectivity index (χ1) is 19.2. The maximum Gasteiger partial charge on any atom is 0.251 e. The molecule has 3 fully saturated rings. The topological polar surface area (TPSA) is 116 Å². The van der Waals surface area contributed by atoms with Crippen LogP contribution in [0.15, 0.2) is 24.3 Å². The lowest BCUT2D eigenvalue weighted by Crippen LogP contribution is -2.51. The minimum Gasteiger partial charge on any atom is -0.372 e. The number of carbonyl (C=O) groups excluding carboxylic acids is 4. The normalized spacial score (nSPS) is 22.6. The second-order valence-corrected chi connectivity index (χ2v) is 11.8. The van der Waals surface area contributed by atoms with E-state index in [4.69, 9.17) is 5.73 Å². The van der Waals surface area contributed by atoms with Crippen molar-refractivity contribution in [3.8, 4) is 0 Å². The van der Waals surface area contributed by atoms with Gasteiger partial charge in [-0.3, -0.25) is 19.2 Å². The first-order valence-electron chi connectivity index (χ1n) is 15.3. The summed E-state index contributed by atoms with van der Waals surface area (Å²) < 4.78 is 0. The third-order valence-corrected chi connectivity index (χ3v) is 9.17. The Balaban J connectivity index is 1.23. The van der Waals surface area contributed by atoms with Gasteiger partial charge in [-0.15, -0.1) is 0 Å². The maximum atomic E-state index is 13.2. The molecule has 0 radical (unpaired) electrons. The van der Waals surface area contributed by atoms with E-state index in [0.29, 0.717) is 37.9 Å². The van der Waals surface area contributed by atoms with Crippen LogP contribution in [0.2, 0.25) is 0 Å². The van der Waals surface area contributed by atoms with Gasteiger partial charge in [-0.1, -0.05) is 26.2 Å². The van der Waals surface area contributed by atoms with Gasteiger partial charge in [0, 0.05) is 43.9 Å². The van der Waals surface area contributed by atoms with Crippen LogP contribution in [-0.4, -0.2) is 84.2 Å². The molecular weight excluding hydrogens is 506 g/mol. The van der Waals surface area contributed by atoms with E-state index in [1.807, 2.05) is 31.2 Å². The molecule has 0 bridgehead atoms. The fraction of sp³-hybridized carbons (Fsp3) is 0.677. The molecule has 1 aromatic carbocycles. The minimum absolute atomic E-state index is 0.0471. The number of ketones is 1. The van der Waals surface area contributed by atoms with Crippen LogP contribution in [0, 0.1) is 11.8 Å². The highest BCUT2D eigenvalue weighted by Crippen LogP contribution is 2.33. The smallest absolute Gasteiger partial charge is 0.251 e. The van der Waals surface area contributed by atoms with E-state index in [9.17, 15) is 19.2 Å². The first-order valence-corrected chi connectivity index (χ1v) is 15.3. The fourth-order valence-corrected chi connectivity index (χ4v) is 6.74. The number of hydrogen-bond donors (Lipinski definition) is 2. The predicted molar refractivity (Wildman–Crippen MR) is 156 cm³/mol. The molecular formula is C31H47N5O4. The largest absolute Gasteiger partial charge is 0.372 e. The lowest BCUT2D eigenvalue weighted by atomic mass is 9.83. The number of anilines is 1. The van der Waals surface area contributed by atoms with Gasteiger partial charge in [-0.05, 0) is 75.6 Å². The molecule has 0 spiro atoms. The van der Waals surface area contributed by atoms with E-state index < -0.39 is 12.1 Å². The highest BCUT2D eigenvalue weighted by atomic mass is 16.2. The van der Waals surface area contributed by atoms with Gasteiger partial charge in [-0.2, -0.15) is 0 Å². The quantitative estimate of drug-likeness (QED) is 0.435. The summed E-state index contributed by atoms with van der Waals surface area (Å²) in [5, 5.41) is 2.96. The maximum absolute atomic E-state index is 13.2. The van der Waals surface area contributed by atoms with E-state index in [1.165, 1.54) is 6.42 Å². The molecule has 9 heteroatoms. The molecule has 40 heavy (non-hydrogen) atoms. The van der Waals surface area contributed by atoms with Crippen molar-refractivity contribution in [2.24, 2.45) is 17.6 Å². The van der Waals surface area contributed by atoms with Crippen molar-refractivity contribution in [3.63, 3.8) is 0 Å². The van der Waals surface area contributed by atoms with Crippen LogP contribution in [0.4, 0.5) is 5.69 Å². The first kappa shape index (κ1) is 30.0. The number of hydrogen-bond acceptors (Lipinski definition) is 6. The molecule has 4 rings (SSSR count). The summed E-state index contributed by atoms with van der Waals surface area (Å²) in [5.74, 6) is -0.147. The summed E-state index contributed by atoms with van der Waals surface area (Å²) in [7, 11) is 0. The highest BCUT2D eigenvalue weighted by molar-refractivity contribution is 5.98. The minimum atomic E-state index is -0.563. The standard InChI is InChI=1S/C31H47N5O4/c1-4-34(5-2)24-13-11-23(12-14-24)30(39)33-17-15-21(3)19-27(38)35-18-16-25-29(35)26(37)20-36(25)31(40)28(32)22-9-7-6-8-10-22/h11-14,21-22,25,28-29H,4-10,15-20,32H2,1-3H3,(H,33,39). The van der Waals surface area contributed by atoms with Crippen molar-refractivity contribution in [2.75, 3.05) is 37.6 Å². The van der Waals surface area contributed by atoms with E-state index >= 15 is 0 Å². The van der Waals surface area contributed by atoms with Gasteiger partial charge in [0.25, 0.3) is 5.91 Å². The van der Waals surface area contributed by atoms with Crippen molar-refractivity contribution in [1.82, 2.24) is 15.1 Å². The van der Waals surface area contributed by atoms with Crippen LogP contribution in [-0.2, 0) is 14.4 Å². The van der Waals surface area contributed by atoms with Crippen LogP contribution in [0.1, 0.15) is 82.5 Å². The SMILES string of the molecule is CCN(CC)c1ccc(C(=O)NCCC(C)CC(=O)N2CCC3C2C(=O)CN3C(=O)C(N)C2CCCCC2)cc1. The van der Waals surface area contributed by atoms with Gasteiger partial charge < -0.3 is 25.8 Å². The number of amides is 3. The highest BCUT2D eigenvalue weighted by Gasteiger charge is 2.52. The number of likely N-dealkylation sites (tertiary alicyclic amines) is 2. The molecule has 4 unspecified atom stereocenters. The average molecular weight is 554 g/mol. The Morgan fingerprint density at radius 1 is 1.02 bits per heavy atom. The average Bonchev–Trinajstić information content (AvgIpc) is 3.55. The van der Waals surface area contributed by atoms with E-state index in [-0.39, 0.29) is 47.9 Å². The molecule has 3 aliphatic rings. The third kappa shape index (κ3) is 6.67. The summed E-state index contributed by atoms with van der Waals surface area (Å²) in [5.41, 5.74) is 8.09. The van der Waals surface area contributed by atoms with Gasteiger partial charge >= 0.3 is 0 Å². The Morgan fingerprint density at radius 2 is 1.70 bits per heavy atom. The molecule has 1 aromatic rings. The van der Waals surface area contributed by atoms with Crippen molar-refractivity contribution in [2.45, 2.75) is 90.3 Å². The van der Waals surface area contributed by atoms with Crippen LogP contribution in [0.25, 0.3) is 0 Å². The number of carbonyl (C=O) groups is 4. The monoisotopic (exact) mass is 553 g/mol. The van der Waals surface area contributed by atoms with Crippen LogP contribution in [0.3, 0.4) is 0 Å². The fourth-order valence-electron chi connectivity index (χ4n) is 6.74. The predicted octanol–water partition coefficient (Wildman–Crippen LogP) is 2.97. The zero-order valence-corrected chi connectivity index (χ0v) is 24.4. The third-order valence-electron chi connectivity index (χ3n) is 9.17. The number of benzene rings is 1. The second kappa shape index (κ2) is 13.6. The molecule has 220 valence electrons. The van der Waals surface area contributed by atoms with Crippen LogP contribution in [0.5, 0.6) is 0 Å². The summed E-state index contributed by atoms with van der Waals surface area (Å²) >= 11 is 0. The number of fused-ring (bicyclic) bond motifs is 1. The Morgan fingerprint density at radius 3 is 2.35 bits per heavy atom. The summed E-state index contributed by atoms with van der Waals surface area (Å²) in [6, 6.07) is 6.24. The Kier molecular flexibility index (Phi) is 10.2. The summed E-state index contributed by atoms with van der Waals surface area (Å²) in [6.07, 6.45) is 6.91. The lowest BCUT2D eigenvalue weighted by Gasteiger charge is -2.31. The number of Topliss-reactive ketones (excluding diaryl/α,β-unsaturated/α-hetero) is 1. The van der Waals surface area contributed by atoms with Gasteiger partial charge in [0.05, 0.1) is 18.6 Å². The van der Waals surface area contributed by atoms with Gasteiger partial charge in [0.2, 0.25) is 11.8 Å². The molecule has 9 nitrogen and oxygen atoms in total. The van der Waals surface area contributed by atoms with Crippen molar-refractivity contribution >= 4 is 29.2 Å². The Labute approximate surface area is 238 Å². The zero-order chi connectivity index (χ0) is 28.8. The Hall–Kier alpha value is -2.94. The van der Waals surface area contributed by atoms with Crippen molar-refractivity contribution < 1.29 is 19.2 Å². The molecule has 3 amide bonds. The molecule has 1 saturated carbocycles. The number of nitrogens with zero attached hydrogens (tertiary/aromatic N) is 3. The number of nitrogens with one attached hydrogen (secondary N) is 1. The van der Waals surface area contributed by atoms with Crippen LogP contribution < -0.4 is 16.0 Å². The summed E-state index contributed by atoms with van der Waals surface area (Å²) in [4.78, 5) is 57.6. The molecule has 2 aliphatic heterocycles. The molecule has 4 atom stereocenters. The molecule has 1 aliphatic carbocycles.